The third kappa shape index (κ3) is 5.75. The molecule has 8 nitrogen and oxygen atoms in total. The Labute approximate surface area is 330 Å². The minimum absolute atomic E-state index is 0.00997. The summed E-state index contributed by atoms with van der Waals surface area (Å²) < 4.78 is 45.4. The first-order chi connectivity index (χ1) is 26.7. The molecular formula is C42H36Cl2F2N6O2S. The van der Waals surface area contributed by atoms with Gasteiger partial charge in [-0.3, -0.25) is 4.79 Å². The molecule has 13 heteroatoms. The first-order valence-electron chi connectivity index (χ1n) is 18.9. The fraction of sp³-hybridized carbons (Fsp3) is 0.381. The maximum atomic E-state index is 17.2. The molecule has 1 amide bonds. The van der Waals surface area contributed by atoms with Gasteiger partial charge >= 0.3 is 0 Å². The zero-order chi connectivity index (χ0) is 37.7. The molecule has 5 fully saturated rings. The number of amides is 1. The zero-order valence-electron chi connectivity index (χ0n) is 29.9. The number of aromatic nitrogens is 3. The average Bonchev–Trinajstić information content (AvgIpc) is 3.59. The number of hydrogen-bond donors (Lipinski definition) is 1. The highest BCUT2D eigenvalue weighted by Crippen LogP contribution is 2.51. The van der Waals surface area contributed by atoms with Gasteiger partial charge in [0.25, 0.3) is 0 Å². The molecular weight excluding hydrogens is 761 g/mol. The summed E-state index contributed by atoms with van der Waals surface area (Å²) in [5, 5.41) is 16.3. The molecule has 280 valence electrons. The summed E-state index contributed by atoms with van der Waals surface area (Å²) in [4.78, 5) is 21.0. The quantitative estimate of drug-likeness (QED) is 0.157. The van der Waals surface area contributed by atoms with Crippen LogP contribution in [-0.2, 0) is 22.6 Å². The second-order valence-corrected chi connectivity index (χ2v) is 17.1. The summed E-state index contributed by atoms with van der Waals surface area (Å²) in [6.45, 7) is 3.51. The molecule has 0 unspecified atom stereocenters. The minimum Gasteiger partial charge on any atom is -0.370 e. The summed E-state index contributed by atoms with van der Waals surface area (Å²) in [6, 6.07) is 16.3. The minimum atomic E-state index is -0.499. The third-order valence-corrected chi connectivity index (χ3v) is 13.9. The van der Waals surface area contributed by atoms with Crippen molar-refractivity contribution in [2.75, 3.05) is 13.1 Å². The molecule has 0 spiro atoms. The van der Waals surface area contributed by atoms with E-state index in [0.717, 1.165) is 58.2 Å². The highest BCUT2D eigenvalue weighted by atomic mass is 35.5. The van der Waals surface area contributed by atoms with Gasteiger partial charge in [-0.25, -0.2) is 13.8 Å². The number of benzene rings is 3. The van der Waals surface area contributed by atoms with Crippen LogP contribution in [0.4, 0.5) is 8.78 Å². The van der Waals surface area contributed by atoms with E-state index >= 15 is 4.39 Å². The van der Waals surface area contributed by atoms with E-state index < -0.39 is 5.82 Å². The molecule has 5 atom stereocenters. The molecule has 5 aliphatic rings. The van der Waals surface area contributed by atoms with Crippen LogP contribution in [0.5, 0.6) is 0 Å². The molecule has 2 aliphatic carbocycles. The summed E-state index contributed by atoms with van der Waals surface area (Å²) in [5.74, 6) is -0.257. The summed E-state index contributed by atoms with van der Waals surface area (Å²) in [7, 11) is 0. The van der Waals surface area contributed by atoms with Crippen molar-refractivity contribution in [2.45, 2.75) is 76.3 Å². The predicted molar refractivity (Wildman–Crippen MR) is 210 cm³/mol. The number of likely N-dealkylation sites (tertiary alicyclic amines) is 1. The molecule has 55 heavy (non-hydrogen) atoms. The van der Waals surface area contributed by atoms with Gasteiger partial charge in [0.15, 0.2) is 5.82 Å². The van der Waals surface area contributed by atoms with Crippen molar-refractivity contribution in [3.63, 3.8) is 0 Å². The third-order valence-electron chi connectivity index (χ3n) is 12.2. The highest BCUT2D eigenvalue weighted by molar-refractivity contribution is 7.13. The monoisotopic (exact) mass is 796 g/mol. The van der Waals surface area contributed by atoms with E-state index in [1.54, 1.807) is 24.3 Å². The fourth-order valence-electron chi connectivity index (χ4n) is 9.37. The van der Waals surface area contributed by atoms with Crippen LogP contribution in [0.1, 0.15) is 66.8 Å². The number of ether oxygens (including phenoxy) is 1. The summed E-state index contributed by atoms with van der Waals surface area (Å²) in [5.41, 5.74) is 5.00. The lowest BCUT2D eigenvalue weighted by Crippen LogP contribution is -2.41. The average molecular weight is 798 g/mol. The van der Waals surface area contributed by atoms with Gasteiger partial charge in [-0.2, -0.15) is 9.64 Å². The van der Waals surface area contributed by atoms with Crippen molar-refractivity contribution in [3.05, 3.63) is 92.9 Å². The second-order valence-electron chi connectivity index (χ2n) is 15.5. The Balaban J connectivity index is 1.12. The number of halogens is 4. The maximum Gasteiger partial charge on any atom is 0.226 e. The van der Waals surface area contributed by atoms with Gasteiger partial charge in [-0.1, -0.05) is 35.3 Å². The topological polar surface area (TPSA) is 96.1 Å². The standard InChI is InChI=1S/C42H36Cl2F2N6O2S/c1-20-28-16-34(33-15-25(18-51(33)42(53)21-7-8-21)54-19-32-26-10-9-24(45)14-35(26)55-50-32)52(40-23-13-31(40)48-17-23)41(28)29-12-22(4-3-11-47)36(38(46)39(29)49-20)27-5-2-6-30(43)37(27)44/h2,5-6,9-10,12,14,16,21,23,25,31,33,40,48H,3-4,7-8,13,15,17-19H2,1H3/t23-,25+,31-,33-,40+/m1/s1. The van der Waals surface area contributed by atoms with E-state index in [1.165, 1.54) is 23.7 Å². The molecule has 3 saturated heterocycles. The van der Waals surface area contributed by atoms with Crippen molar-refractivity contribution < 1.29 is 18.3 Å². The molecule has 0 radical (unpaired) electrons. The lowest BCUT2D eigenvalue weighted by atomic mass is 9.79. The Morgan fingerprint density at radius 1 is 1.11 bits per heavy atom. The fourth-order valence-corrected chi connectivity index (χ4v) is 10.6. The first-order valence-corrected chi connectivity index (χ1v) is 20.4. The van der Waals surface area contributed by atoms with Crippen LogP contribution in [0.3, 0.4) is 0 Å². The number of carbonyl (C=O) groups is 1. The van der Waals surface area contributed by atoms with Gasteiger partial charge in [0, 0.05) is 76.6 Å². The van der Waals surface area contributed by atoms with E-state index in [0.29, 0.717) is 58.1 Å². The van der Waals surface area contributed by atoms with Crippen LogP contribution in [0.25, 0.3) is 43.0 Å². The Bertz CT molecular complexity index is 2600. The van der Waals surface area contributed by atoms with Crippen LogP contribution in [0, 0.1) is 41.7 Å². The molecule has 2 saturated carbocycles. The Hall–Kier alpha value is -4.18. The van der Waals surface area contributed by atoms with Crippen molar-refractivity contribution >= 4 is 72.5 Å². The second kappa shape index (κ2) is 13.5. The van der Waals surface area contributed by atoms with E-state index in [4.69, 9.17) is 32.9 Å². The molecule has 3 aliphatic heterocycles. The summed E-state index contributed by atoms with van der Waals surface area (Å²) in [6.07, 6.45) is 3.66. The maximum absolute atomic E-state index is 17.2. The molecule has 6 aromatic rings. The number of carbonyl (C=O) groups excluding carboxylic acids is 1. The summed E-state index contributed by atoms with van der Waals surface area (Å²) >= 11 is 14.4. The SMILES string of the molecule is Cc1nc2c(F)c(-c3cccc(Cl)c3Cl)c(CCC#N)cc2c2c1cc([C@H]1C[C@H](OCc3nsc4cc(F)ccc34)CN1C(=O)C1CC1)n2[C@H]1[C@H]2CN[C@@H]1C2. The Kier molecular flexibility index (Phi) is 8.65. The van der Waals surface area contributed by atoms with E-state index in [2.05, 4.69) is 26.4 Å². The lowest BCUT2D eigenvalue weighted by Gasteiger charge is -2.39. The van der Waals surface area contributed by atoms with E-state index in [9.17, 15) is 14.4 Å². The van der Waals surface area contributed by atoms with Crippen molar-refractivity contribution in [3.8, 4) is 17.2 Å². The lowest BCUT2D eigenvalue weighted by molar-refractivity contribution is -0.134. The normalized spacial score (nSPS) is 23.3. The van der Waals surface area contributed by atoms with E-state index in [-0.39, 0.29) is 65.4 Å². The predicted octanol–water partition coefficient (Wildman–Crippen LogP) is 9.62. The Morgan fingerprint density at radius 3 is 2.73 bits per heavy atom. The van der Waals surface area contributed by atoms with Gasteiger partial charge in [-0.15, -0.1) is 0 Å². The number of nitrogens with zero attached hydrogens (tertiary/aromatic N) is 5. The molecule has 2 bridgehead atoms. The number of pyridine rings is 1. The first kappa shape index (κ1) is 35.2. The van der Waals surface area contributed by atoms with Crippen LogP contribution in [-0.4, -0.2) is 50.0 Å². The number of hydrogen-bond acceptors (Lipinski definition) is 7. The van der Waals surface area contributed by atoms with Crippen LogP contribution >= 0.6 is 34.7 Å². The molecule has 11 rings (SSSR count). The largest absolute Gasteiger partial charge is 0.370 e. The van der Waals surface area contributed by atoms with E-state index in [1.807, 2.05) is 17.9 Å². The number of rotatable bonds is 9. The van der Waals surface area contributed by atoms with Crippen molar-refractivity contribution in [2.24, 2.45) is 11.8 Å². The number of nitriles is 1. The van der Waals surface area contributed by atoms with Gasteiger partial charge in [0.05, 0.1) is 56.8 Å². The van der Waals surface area contributed by atoms with Gasteiger partial charge in [0.1, 0.15) is 11.3 Å². The van der Waals surface area contributed by atoms with Gasteiger partial charge in [-0.05, 0) is 92.0 Å². The molecule has 1 N–H and O–H groups in total. The number of nitrogens with one attached hydrogen (secondary N) is 1. The highest BCUT2D eigenvalue weighted by Gasteiger charge is 2.51. The molecule has 3 aromatic heterocycles. The Morgan fingerprint density at radius 2 is 1.96 bits per heavy atom. The smallest absolute Gasteiger partial charge is 0.226 e. The zero-order valence-corrected chi connectivity index (χ0v) is 32.2. The number of aryl methyl sites for hydroxylation is 2. The molecule has 6 heterocycles. The van der Waals surface area contributed by atoms with Gasteiger partial charge < -0.3 is 19.5 Å². The van der Waals surface area contributed by atoms with Crippen LogP contribution in [0.15, 0.2) is 48.5 Å². The number of fused-ring (bicyclic) bond motifs is 5. The molecule has 3 aromatic carbocycles. The van der Waals surface area contributed by atoms with Crippen LogP contribution < -0.4 is 5.32 Å². The van der Waals surface area contributed by atoms with Gasteiger partial charge in [0.2, 0.25) is 5.91 Å². The van der Waals surface area contributed by atoms with Crippen LogP contribution in [0.2, 0.25) is 10.0 Å². The van der Waals surface area contributed by atoms with Crippen molar-refractivity contribution in [1.82, 2.24) is 24.1 Å². The van der Waals surface area contributed by atoms with Crippen molar-refractivity contribution in [1.29, 1.82) is 5.26 Å².